The molecule has 1 aliphatic carbocycles. The fraction of sp³-hybridized carbons (Fsp3) is 0.533. The van der Waals surface area contributed by atoms with E-state index < -0.39 is 0 Å². The summed E-state index contributed by atoms with van der Waals surface area (Å²) in [5.74, 6) is 1.12. The molecule has 0 spiro atoms. The van der Waals surface area contributed by atoms with Gasteiger partial charge in [-0.1, -0.05) is 0 Å². The fourth-order valence-electron chi connectivity index (χ4n) is 2.19. The van der Waals surface area contributed by atoms with E-state index in [1.165, 1.54) is 0 Å². The Morgan fingerprint density at radius 1 is 1.40 bits per heavy atom. The Labute approximate surface area is 119 Å². The maximum atomic E-state index is 12.5. The van der Waals surface area contributed by atoms with Crippen LogP contribution in [0.5, 0.6) is 11.5 Å². The summed E-state index contributed by atoms with van der Waals surface area (Å²) in [7, 11) is 1.55. The van der Waals surface area contributed by atoms with Crippen LogP contribution in [0, 0.1) is 0 Å². The van der Waals surface area contributed by atoms with Crippen molar-refractivity contribution < 1.29 is 19.4 Å². The Morgan fingerprint density at radius 3 is 2.70 bits per heavy atom. The normalized spacial score (nSPS) is 13.9. The van der Waals surface area contributed by atoms with E-state index in [9.17, 15) is 4.79 Å². The molecular weight excluding hydrogens is 258 g/mol. The first kappa shape index (κ1) is 14.7. The second-order valence-electron chi connectivity index (χ2n) is 4.75. The molecular formula is C15H21NO4. The average molecular weight is 279 g/mol. The molecule has 1 aromatic rings. The first-order chi connectivity index (χ1) is 9.71. The van der Waals surface area contributed by atoms with Crippen LogP contribution in [-0.2, 0) is 0 Å². The van der Waals surface area contributed by atoms with Gasteiger partial charge in [0, 0.05) is 18.2 Å². The van der Waals surface area contributed by atoms with Gasteiger partial charge >= 0.3 is 0 Å². The second kappa shape index (κ2) is 6.61. The second-order valence-corrected chi connectivity index (χ2v) is 4.75. The van der Waals surface area contributed by atoms with E-state index in [1.807, 2.05) is 6.92 Å². The van der Waals surface area contributed by atoms with Gasteiger partial charge in [0.25, 0.3) is 5.91 Å². The lowest BCUT2D eigenvalue weighted by molar-refractivity contribution is 0.0707. The van der Waals surface area contributed by atoms with Crippen LogP contribution < -0.4 is 9.47 Å². The predicted molar refractivity (Wildman–Crippen MR) is 75.3 cm³/mol. The van der Waals surface area contributed by atoms with Gasteiger partial charge in [-0.15, -0.1) is 0 Å². The first-order valence-electron chi connectivity index (χ1n) is 6.94. The van der Waals surface area contributed by atoms with Gasteiger partial charge in [-0.2, -0.15) is 0 Å². The molecule has 0 unspecified atom stereocenters. The molecule has 0 heterocycles. The van der Waals surface area contributed by atoms with Crippen LogP contribution in [0.25, 0.3) is 0 Å². The SMILES string of the molecule is CCOc1ccc(C(=O)N(CCO)C2CC2)cc1OC. The van der Waals surface area contributed by atoms with E-state index in [-0.39, 0.29) is 18.6 Å². The fourth-order valence-corrected chi connectivity index (χ4v) is 2.19. The minimum absolute atomic E-state index is 0.0175. The maximum absolute atomic E-state index is 12.5. The van der Waals surface area contributed by atoms with Crippen molar-refractivity contribution in [2.24, 2.45) is 0 Å². The van der Waals surface area contributed by atoms with Gasteiger partial charge < -0.3 is 19.5 Å². The third-order valence-corrected chi connectivity index (χ3v) is 3.30. The predicted octanol–water partition coefficient (Wildman–Crippen LogP) is 1.69. The number of carbonyl (C=O) groups excluding carboxylic acids is 1. The van der Waals surface area contributed by atoms with Crippen LogP contribution in [0.2, 0.25) is 0 Å². The summed E-state index contributed by atoms with van der Waals surface area (Å²) in [6.07, 6.45) is 2.03. The number of carbonyl (C=O) groups is 1. The van der Waals surface area contributed by atoms with Crippen LogP contribution in [0.3, 0.4) is 0 Å². The third-order valence-electron chi connectivity index (χ3n) is 3.30. The quantitative estimate of drug-likeness (QED) is 0.825. The molecule has 2 rings (SSSR count). The first-order valence-corrected chi connectivity index (χ1v) is 6.94. The van der Waals surface area contributed by atoms with Gasteiger partial charge in [0.1, 0.15) is 0 Å². The summed E-state index contributed by atoms with van der Waals surface area (Å²) in [4.78, 5) is 14.2. The summed E-state index contributed by atoms with van der Waals surface area (Å²) in [5, 5.41) is 9.09. The number of benzene rings is 1. The number of nitrogens with zero attached hydrogens (tertiary/aromatic N) is 1. The van der Waals surface area contributed by atoms with E-state index in [1.54, 1.807) is 30.2 Å². The number of ether oxygens (including phenoxy) is 2. The van der Waals surface area contributed by atoms with Crippen LogP contribution in [0.1, 0.15) is 30.1 Å². The molecule has 0 aromatic heterocycles. The highest BCUT2D eigenvalue weighted by Gasteiger charge is 2.32. The van der Waals surface area contributed by atoms with Crippen molar-refractivity contribution in [3.05, 3.63) is 23.8 Å². The minimum atomic E-state index is -0.0668. The van der Waals surface area contributed by atoms with Gasteiger partial charge in [0.2, 0.25) is 0 Å². The van der Waals surface area contributed by atoms with E-state index in [0.29, 0.717) is 30.2 Å². The Hall–Kier alpha value is -1.75. The zero-order valence-electron chi connectivity index (χ0n) is 12.0. The number of hydrogen-bond donors (Lipinski definition) is 1. The largest absolute Gasteiger partial charge is 0.493 e. The van der Waals surface area contributed by atoms with Gasteiger partial charge in [-0.3, -0.25) is 4.79 Å². The smallest absolute Gasteiger partial charge is 0.254 e. The van der Waals surface area contributed by atoms with Crippen molar-refractivity contribution >= 4 is 5.91 Å². The standard InChI is InChI=1S/C15H21NO4/c1-3-20-13-7-4-11(10-14(13)19-2)15(18)16(8-9-17)12-5-6-12/h4,7,10,12,17H,3,5-6,8-9H2,1-2H3. The number of amides is 1. The van der Waals surface area contributed by atoms with Crippen molar-refractivity contribution in [2.45, 2.75) is 25.8 Å². The van der Waals surface area contributed by atoms with E-state index >= 15 is 0 Å². The van der Waals surface area contributed by atoms with Crippen molar-refractivity contribution in [1.82, 2.24) is 4.90 Å². The molecule has 1 amide bonds. The lowest BCUT2D eigenvalue weighted by Crippen LogP contribution is -2.35. The number of hydrogen-bond acceptors (Lipinski definition) is 4. The van der Waals surface area contributed by atoms with Gasteiger partial charge in [-0.25, -0.2) is 0 Å². The Kier molecular flexibility index (Phi) is 4.84. The number of aliphatic hydroxyl groups excluding tert-OH is 1. The Morgan fingerprint density at radius 2 is 2.15 bits per heavy atom. The van der Waals surface area contributed by atoms with Crippen LogP contribution >= 0.6 is 0 Å². The number of methoxy groups -OCH3 is 1. The summed E-state index contributed by atoms with van der Waals surface area (Å²) >= 11 is 0. The average Bonchev–Trinajstić information content (AvgIpc) is 3.29. The highest BCUT2D eigenvalue weighted by atomic mass is 16.5. The van der Waals surface area contributed by atoms with Crippen molar-refractivity contribution in [2.75, 3.05) is 26.9 Å². The van der Waals surface area contributed by atoms with Crippen molar-refractivity contribution in [3.63, 3.8) is 0 Å². The Balaban J connectivity index is 2.20. The zero-order chi connectivity index (χ0) is 14.5. The molecule has 0 aliphatic heterocycles. The topological polar surface area (TPSA) is 59.0 Å². The highest BCUT2D eigenvalue weighted by Crippen LogP contribution is 2.31. The molecule has 0 atom stereocenters. The molecule has 1 aliphatic rings. The summed E-state index contributed by atoms with van der Waals surface area (Å²) < 4.78 is 10.7. The Bertz CT molecular complexity index is 471. The minimum Gasteiger partial charge on any atom is -0.493 e. The molecule has 5 nitrogen and oxygen atoms in total. The summed E-state index contributed by atoms with van der Waals surface area (Å²) in [5.41, 5.74) is 0.561. The third kappa shape index (κ3) is 3.22. The van der Waals surface area contributed by atoms with E-state index in [4.69, 9.17) is 14.6 Å². The van der Waals surface area contributed by atoms with Crippen molar-refractivity contribution in [1.29, 1.82) is 0 Å². The molecule has 0 saturated heterocycles. The molecule has 1 fully saturated rings. The molecule has 0 bridgehead atoms. The maximum Gasteiger partial charge on any atom is 0.254 e. The van der Waals surface area contributed by atoms with Crippen LogP contribution in [0.4, 0.5) is 0 Å². The number of aliphatic hydroxyl groups is 1. The molecule has 0 radical (unpaired) electrons. The van der Waals surface area contributed by atoms with Crippen molar-refractivity contribution in [3.8, 4) is 11.5 Å². The lowest BCUT2D eigenvalue weighted by atomic mass is 10.1. The van der Waals surface area contributed by atoms with Crippen LogP contribution in [0.15, 0.2) is 18.2 Å². The summed E-state index contributed by atoms with van der Waals surface area (Å²) in [6.45, 7) is 2.80. The lowest BCUT2D eigenvalue weighted by Gasteiger charge is -2.22. The van der Waals surface area contributed by atoms with Crippen LogP contribution in [-0.4, -0.2) is 48.8 Å². The molecule has 20 heavy (non-hydrogen) atoms. The van der Waals surface area contributed by atoms with Gasteiger partial charge in [0.05, 0.1) is 20.3 Å². The van der Waals surface area contributed by atoms with E-state index in [2.05, 4.69) is 0 Å². The number of rotatable bonds is 7. The van der Waals surface area contributed by atoms with E-state index in [0.717, 1.165) is 12.8 Å². The molecule has 1 saturated carbocycles. The van der Waals surface area contributed by atoms with Gasteiger partial charge in [-0.05, 0) is 38.0 Å². The monoisotopic (exact) mass is 279 g/mol. The molecule has 1 N–H and O–H groups in total. The molecule has 1 aromatic carbocycles. The van der Waals surface area contributed by atoms with Gasteiger partial charge in [0.15, 0.2) is 11.5 Å². The molecule has 110 valence electrons. The molecule has 5 heteroatoms. The zero-order valence-corrected chi connectivity index (χ0v) is 12.0. The summed E-state index contributed by atoms with van der Waals surface area (Å²) in [6, 6.07) is 5.45. The highest BCUT2D eigenvalue weighted by molar-refractivity contribution is 5.95.